The van der Waals surface area contributed by atoms with Crippen molar-refractivity contribution in [3.63, 3.8) is 0 Å². The number of benzene rings is 5. The van der Waals surface area contributed by atoms with Gasteiger partial charge in [0.2, 0.25) is 0 Å². The van der Waals surface area contributed by atoms with Crippen LogP contribution in [0, 0.1) is 13.8 Å². The third-order valence-electron chi connectivity index (χ3n) is 7.99. The van der Waals surface area contributed by atoms with E-state index in [1.54, 1.807) is 0 Å². The zero-order chi connectivity index (χ0) is 26.8. The lowest BCUT2D eigenvalue weighted by Crippen LogP contribution is -2.02. The number of rotatable bonds is 3. The molecule has 5 aromatic carbocycles. The van der Waals surface area contributed by atoms with Gasteiger partial charge >= 0.3 is 0 Å². The second-order valence-corrected chi connectivity index (χ2v) is 10.3. The van der Waals surface area contributed by atoms with Gasteiger partial charge in [0, 0.05) is 33.4 Å². The average Bonchev–Trinajstić information content (AvgIpc) is 3.49. The second kappa shape index (κ2) is 8.65. The number of aryl methyl sites for hydroxylation is 2. The fourth-order valence-corrected chi connectivity index (χ4v) is 5.89. The Morgan fingerprint density at radius 2 is 1.32 bits per heavy atom. The Kier molecular flexibility index (Phi) is 4.92. The Morgan fingerprint density at radius 3 is 2.12 bits per heavy atom. The molecule has 0 amide bonds. The summed E-state index contributed by atoms with van der Waals surface area (Å²) >= 11 is 0. The summed E-state index contributed by atoms with van der Waals surface area (Å²) in [5.41, 5.74) is 7.20. The van der Waals surface area contributed by atoms with Gasteiger partial charge in [-0.2, -0.15) is 0 Å². The second-order valence-electron chi connectivity index (χ2n) is 10.3. The maximum Gasteiger partial charge on any atom is 0.162 e. The van der Waals surface area contributed by atoms with Crippen LogP contribution < -0.4 is 0 Å². The standard InChI is InChI=1S/C36H25N3O/c1-22-23(2)40-33-20-29-32(19-28(22)33)39(31-18-17-24-11-9-10-16-27(24)35(29)31)34-21-30(25-12-5-3-6-13-25)37-36(38-34)26-14-7-4-8-15-26/h3-21H,1-2H3. The molecule has 0 aliphatic heterocycles. The van der Waals surface area contributed by atoms with Crippen molar-refractivity contribution in [2.75, 3.05) is 0 Å². The Morgan fingerprint density at radius 1 is 0.600 bits per heavy atom. The number of fused-ring (bicyclic) bond motifs is 6. The maximum atomic E-state index is 6.20. The van der Waals surface area contributed by atoms with E-state index in [1.807, 2.05) is 43.3 Å². The molecule has 3 aromatic heterocycles. The molecule has 0 atom stereocenters. The first-order chi connectivity index (χ1) is 19.7. The monoisotopic (exact) mass is 515 g/mol. The van der Waals surface area contributed by atoms with Crippen molar-refractivity contribution in [3.8, 4) is 28.5 Å². The molecule has 40 heavy (non-hydrogen) atoms. The summed E-state index contributed by atoms with van der Waals surface area (Å²) in [5, 5.41) is 5.89. The fraction of sp³-hybridized carbons (Fsp3) is 0.0556. The lowest BCUT2D eigenvalue weighted by Gasteiger charge is -2.12. The summed E-state index contributed by atoms with van der Waals surface area (Å²) in [5.74, 6) is 2.48. The third kappa shape index (κ3) is 3.39. The van der Waals surface area contributed by atoms with Gasteiger partial charge in [0.15, 0.2) is 5.82 Å². The Hall–Kier alpha value is -5.22. The number of aromatic nitrogens is 3. The number of hydrogen-bond donors (Lipinski definition) is 0. The first kappa shape index (κ1) is 22.7. The molecule has 0 fully saturated rings. The van der Waals surface area contributed by atoms with E-state index in [-0.39, 0.29) is 0 Å². The van der Waals surface area contributed by atoms with E-state index in [4.69, 9.17) is 14.4 Å². The zero-order valence-corrected chi connectivity index (χ0v) is 22.2. The van der Waals surface area contributed by atoms with E-state index in [0.29, 0.717) is 5.82 Å². The molecule has 0 radical (unpaired) electrons. The molecule has 0 bridgehead atoms. The highest BCUT2D eigenvalue weighted by Gasteiger charge is 2.20. The summed E-state index contributed by atoms with van der Waals surface area (Å²) in [6.07, 6.45) is 0. The van der Waals surface area contributed by atoms with E-state index >= 15 is 0 Å². The van der Waals surface area contributed by atoms with Gasteiger partial charge in [0.05, 0.1) is 16.7 Å². The summed E-state index contributed by atoms with van der Waals surface area (Å²) in [6, 6.07) is 40.1. The molecule has 3 heterocycles. The zero-order valence-electron chi connectivity index (χ0n) is 22.2. The molecule has 4 nitrogen and oxygen atoms in total. The molecule has 0 N–H and O–H groups in total. The third-order valence-corrected chi connectivity index (χ3v) is 7.99. The molecular weight excluding hydrogens is 490 g/mol. The minimum atomic E-state index is 0.698. The van der Waals surface area contributed by atoms with Crippen LogP contribution in [0.1, 0.15) is 11.3 Å². The van der Waals surface area contributed by atoms with Gasteiger partial charge in [-0.1, -0.05) is 91.0 Å². The van der Waals surface area contributed by atoms with Crippen LogP contribution in [-0.2, 0) is 0 Å². The van der Waals surface area contributed by atoms with Crippen LogP contribution in [-0.4, -0.2) is 14.5 Å². The molecule has 0 aliphatic carbocycles. The molecule has 0 unspecified atom stereocenters. The summed E-state index contributed by atoms with van der Waals surface area (Å²) in [6.45, 7) is 4.16. The van der Waals surface area contributed by atoms with Crippen LogP contribution >= 0.6 is 0 Å². The number of hydrogen-bond acceptors (Lipinski definition) is 3. The summed E-state index contributed by atoms with van der Waals surface area (Å²) < 4.78 is 8.49. The minimum Gasteiger partial charge on any atom is -0.461 e. The van der Waals surface area contributed by atoms with Gasteiger partial charge in [0.25, 0.3) is 0 Å². The van der Waals surface area contributed by atoms with Gasteiger partial charge in [-0.05, 0) is 48.4 Å². The first-order valence-corrected chi connectivity index (χ1v) is 13.5. The van der Waals surface area contributed by atoms with Crippen LogP contribution in [0.25, 0.3) is 72.0 Å². The van der Waals surface area contributed by atoms with E-state index in [9.17, 15) is 0 Å². The van der Waals surface area contributed by atoms with E-state index in [0.717, 1.165) is 61.4 Å². The van der Waals surface area contributed by atoms with Gasteiger partial charge in [0.1, 0.15) is 17.2 Å². The van der Waals surface area contributed by atoms with Crippen LogP contribution in [0.2, 0.25) is 0 Å². The highest BCUT2D eigenvalue weighted by Crippen LogP contribution is 2.40. The molecular formula is C36H25N3O. The molecule has 0 aliphatic rings. The quantitative estimate of drug-likeness (QED) is 0.235. The highest BCUT2D eigenvalue weighted by molar-refractivity contribution is 6.23. The van der Waals surface area contributed by atoms with Crippen LogP contribution in [0.15, 0.2) is 120 Å². The molecule has 190 valence electrons. The maximum absolute atomic E-state index is 6.20. The van der Waals surface area contributed by atoms with Gasteiger partial charge in [-0.15, -0.1) is 0 Å². The summed E-state index contributed by atoms with van der Waals surface area (Å²) in [7, 11) is 0. The highest BCUT2D eigenvalue weighted by atomic mass is 16.3. The largest absolute Gasteiger partial charge is 0.461 e. The predicted octanol–water partition coefficient (Wildman–Crippen LogP) is 9.42. The van der Waals surface area contributed by atoms with E-state index in [2.05, 4.69) is 90.4 Å². The van der Waals surface area contributed by atoms with Crippen molar-refractivity contribution >= 4 is 43.5 Å². The Balaban J connectivity index is 1.53. The van der Waals surface area contributed by atoms with Gasteiger partial charge in [-0.25, -0.2) is 9.97 Å². The van der Waals surface area contributed by atoms with Crippen molar-refractivity contribution < 1.29 is 4.42 Å². The first-order valence-electron chi connectivity index (χ1n) is 13.5. The van der Waals surface area contributed by atoms with E-state index < -0.39 is 0 Å². The van der Waals surface area contributed by atoms with Crippen molar-refractivity contribution in [1.29, 1.82) is 0 Å². The van der Waals surface area contributed by atoms with Crippen molar-refractivity contribution in [1.82, 2.24) is 14.5 Å². The van der Waals surface area contributed by atoms with Crippen molar-refractivity contribution in [3.05, 3.63) is 127 Å². The average molecular weight is 516 g/mol. The lowest BCUT2D eigenvalue weighted by atomic mass is 10.0. The molecule has 4 heteroatoms. The normalized spacial score (nSPS) is 11.8. The lowest BCUT2D eigenvalue weighted by molar-refractivity contribution is 0.575. The Bertz CT molecular complexity index is 2170. The molecule has 8 rings (SSSR count). The number of furan rings is 1. The number of nitrogens with zero attached hydrogens (tertiary/aromatic N) is 3. The van der Waals surface area contributed by atoms with Gasteiger partial charge in [-0.3, -0.25) is 4.57 Å². The van der Waals surface area contributed by atoms with Gasteiger partial charge < -0.3 is 4.42 Å². The van der Waals surface area contributed by atoms with Crippen molar-refractivity contribution in [2.24, 2.45) is 0 Å². The predicted molar refractivity (Wildman–Crippen MR) is 164 cm³/mol. The van der Waals surface area contributed by atoms with Crippen molar-refractivity contribution in [2.45, 2.75) is 13.8 Å². The SMILES string of the molecule is Cc1oc2cc3c4c5ccccc5ccc4n(-c4cc(-c5ccccc5)nc(-c5ccccc5)n4)c3cc2c1C. The Labute approximate surface area is 231 Å². The fourth-order valence-electron chi connectivity index (χ4n) is 5.89. The topological polar surface area (TPSA) is 43.9 Å². The van der Waals surface area contributed by atoms with Crippen LogP contribution in [0.3, 0.4) is 0 Å². The smallest absolute Gasteiger partial charge is 0.162 e. The minimum absolute atomic E-state index is 0.698. The molecule has 8 aromatic rings. The summed E-state index contributed by atoms with van der Waals surface area (Å²) in [4.78, 5) is 10.2. The van der Waals surface area contributed by atoms with Crippen LogP contribution in [0.5, 0.6) is 0 Å². The molecule has 0 saturated carbocycles. The van der Waals surface area contributed by atoms with E-state index in [1.165, 1.54) is 16.2 Å². The molecule has 0 saturated heterocycles. The van der Waals surface area contributed by atoms with Crippen LogP contribution in [0.4, 0.5) is 0 Å². The molecule has 0 spiro atoms.